The lowest BCUT2D eigenvalue weighted by Crippen LogP contribution is -2.30. The summed E-state index contributed by atoms with van der Waals surface area (Å²) in [5.74, 6) is -2.59. The van der Waals surface area contributed by atoms with Crippen molar-refractivity contribution in [2.24, 2.45) is 11.7 Å². The fourth-order valence-corrected chi connectivity index (χ4v) is 4.15. The standard InChI is InChI=1S/C19H20F3N3O3/c1-8-16-10(2-13(22)17(8)24-5-9(4-20)14(23)7-24)18(26)11(19(27)28)6-25(16)15-3-12(15)21/h2,6,9,12,14-15H,3-5,7,23H2,1H3,(H,27,28)/t9-,12+,14+,15-/m1/s1. The molecule has 1 saturated heterocycles. The maximum atomic E-state index is 15.0. The Hall–Kier alpha value is -2.55. The van der Waals surface area contributed by atoms with Crippen LogP contribution in [-0.4, -0.2) is 47.6 Å². The van der Waals surface area contributed by atoms with E-state index in [9.17, 15) is 27.9 Å². The number of nitrogens with zero attached hydrogens (tertiary/aromatic N) is 2. The first kappa shape index (κ1) is 18.8. The zero-order valence-corrected chi connectivity index (χ0v) is 15.2. The Balaban J connectivity index is 1.97. The highest BCUT2D eigenvalue weighted by atomic mass is 19.1. The maximum Gasteiger partial charge on any atom is 0.341 e. The second-order valence-electron chi connectivity index (χ2n) is 7.61. The molecule has 2 fully saturated rings. The molecule has 1 aromatic heterocycles. The van der Waals surface area contributed by atoms with E-state index < -0.39 is 53.6 Å². The number of hydrogen-bond acceptors (Lipinski definition) is 4. The van der Waals surface area contributed by atoms with Crippen LogP contribution in [0.25, 0.3) is 10.9 Å². The van der Waals surface area contributed by atoms with E-state index in [0.717, 1.165) is 12.3 Å². The molecule has 2 aromatic rings. The number of carboxylic acid groups (broad SMARTS) is 1. The molecule has 1 aromatic carbocycles. The number of pyridine rings is 1. The van der Waals surface area contributed by atoms with E-state index in [-0.39, 0.29) is 30.6 Å². The minimum atomic E-state index is -1.45. The second kappa shape index (κ2) is 6.51. The summed E-state index contributed by atoms with van der Waals surface area (Å²) >= 11 is 0. The maximum absolute atomic E-state index is 15.0. The van der Waals surface area contributed by atoms with E-state index in [0.29, 0.717) is 11.1 Å². The molecule has 0 spiro atoms. The van der Waals surface area contributed by atoms with Gasteiger partial charge < -0.3 is 20.3 Å². The fraction of sp³-hybridized carbons (Fsp3) is 0.474. The molecule has 2 aliphatic rings. The Labute approximate surface area is 158 Å². The highest BCUT2D eigenvalue weighted by Gasteiger charge is 2.41. The number of carboxylic acids is 1. The van der Waals surface area contributed by atoms with E-state index in [1.165, 1.54) is 4.57 Å². The molecule has 0 unspecified atom stereocenters. The molecular weight excluding hydrogens is 375 g/mol. The average Bonchev–Trinajstić information content (AvgIpc) is 3.24. The van der Waals surface area contributed by atoms with Gasteiger partial charge in [-0.1, -0.05) is 0 Å². The number of carbonyl (C=O) groups is 1. The van der Waals surface area contributed by atoms with Gasteiger partial charge in [0.05, 0.1) is 23.9 Å². The fourth-order valence-electron chi connectivity index (χ4n) is 4.15. The highest BCUT2D eigenvalue weighted by molar-refractivity contribution is 5.95. The molecule has 9 heteroatoms. The van der Waals surface area contributed by atoms with Crippen molar-refractivity contribution in [3.63, 3.8) is 0 Å². The number of aromatic carboxylic acids is 1. The van der Waals surface area contributed by atoms with Crippen molar-refractivity contribution < 1.29 is 23.1 Å². The molecule has 28 heavy (non-hydrogen) atoms. The van der Waals surface area contributed by atoms with E-state index >= 15 is 0 Å². The number of hydrogen-bond donors (Lipinski definition) is 2. The van der Waals surface area contributed by atoms with Gasteiger partial charge in [-0.05, 0) is 18.6 Å². The predicted molar refractivity (Wildman–Crippen MR) is 98.1 cm³/mol. The first-order valence-electron chi connectivity index (χ1n) is 9.06. The normalized spacial score (nSPS) is 26.8. The summed E-state index contributed by atoms with van der Waals surface area (Å²) in [6.07, 6.45) is 0.171. The molecule has 4 atom stereocenters. The molecule has 1 saturated carbocycles. The van der Waals surface area contributed by atoms with Gasteiger partial charge in [0.1, 0.15) is 17.6 Å². The van der Waals surface area contributed by atoms with Crippen molar-refractivity contribution in [2.45, 2.75) is 31.6 Å². The van der Waals surface area contributed by atoms with Crippen LogP contribution in [0.5, 0.6) is 0 Å². The first-order chi connectivity index (χ1) is 13.2. The van der Waals surface area contributed by atoms with Gasteiger partial charge in [-0.25, -0.2) is 13.6 Å². The summed E-state index contributed by atoms with van der Waals surface area (Å²) in [6.45, 7) is 1.46. The van der Waals surface area contributed by atoms with Crippen molar-refractivity contribution in [1.82, 2.24) is 4.57 Å². The number of anilines is 1. The van der Waals surface area contributed by atoms with Gasteiger partial charge in [0, 0.05) is 43.1 Å². The van der Waals surface area contributed by atoms with E-state index in [1.807, 2.05) is 0 Å². The number of fused-ring (bicyclic) bond motifs is 1. The highest BCUT2D eigenvalue weighted by Crippen LogP contribution is 2.43. The quantitative estimate of drug-likeness (QED) is 0.828. The molecule has 3 N–H and O–H groups in total. The van der Waals surface area contributed by atoms with Crippen LogP contribution in [0.15, 0.2) is 17.1 Å². The number of halogens is 3. The van der Waals surface area contributed by atoms with Crippen LogP contribution >= 0.6 is 0 Å². The van der Waals surface area contributed by atoms with Crippen LogP contribution in [0, 0.1) is 18.7 Å². The lowest BCUT2D eigenvalue weighted by Gasteiger charge is -2.24. The van der Waals surface area contributed by atoms with Gasteiger partial charge in [-0.15, -0.1) is 0 Å². The SMILES string of the molecule is Cc1c(N2C[C@@H](CF)[C@@H](N)C2)c(F)cc2c(=O)c(C(=O)O)cn([C@@H]3C[C@@H]3F)c12. The van der Waals surface area contributed by atoms with Crippen LogP contribution in [0.2, 0.25) is 0 Å². The summed E-state index contributed by atoms with van der Waals surface area (Å²) in [5, 5.41) is 9.20. The van der Waals surface area contributed by atoms with Gasteiger partial charge in [-0.3, -0.25) is 9.18 Å². The van der Waals surface area contributed by atoms with Crippen molar-refractivity contribution in [3.05, 3.63) is 39.4 Å². The number of alkyl halides is 2. The Morgan fingerprint density at radius 3 is 2.61 bits per heavy atom. The summed E-state index contributed by atoms with van der Waals surface area (Å²) in [4.78, 5) is 25.7. The lowest BCUT2D eigenvalue weighted by molar-refractivity contribution is 0.0694. The number of benzene rings is 1. The summed E-state index contributed by atoms with van der Waals surface area (Å²) in [6, 6.07) is -0.0558. The van der Waals surface area contributed by atoms with Crippen molar-refractivity contribution in [1.29, 1.82) is 0 Å². The summed E-state index contributed by atoms with van der Waals surface area (Å²) in [5.41, 5.74) is 5.46. The molecule has 6 nitrogen and oxygen atoms in total. The van der Waals surface area contributed by atoms with Gasteiger partial charge in [0.25, 0.3) is 0 Å². The van der Waals surface area contributed by atoms with Gasteiger partial charge in [-0.2, -0.15) is 0 Å². The molecule has 1 aliphatic carbocycles. The van der Waals surface area contributed by atoms with Gasteiger partial charge in [0.15, 0.2) is 0 Å². The molecule has 1 aliphatic heterocycles. The zero-order valence-electron chi connectivity index (χ0n) is 15.2. The van der Waals surface area contributed by atoms with Crippen molar-refractivity contribution >= 4 is 22.6 Å². The largest absolute Gasteiger partial charge is 0.477 e. The van der Waals surface area contributed by atoms with Crippen LogP contribution in [0.3, 0.4) is 0 Å². The number of rotatable bonds is 4. The molecule has 2 heterocycles. The first-order valence-corrected chi connectivity index (χ1v) is 9.06. The predicted octanol–water partition coefficient (Wildman–Crippen LogP) is 2.16. The van der Waals surface area contributed by atoms with Crippen LogP contribution in [-0.2, 0) is 0 Å². The average molecular weight is 395 g/mol. The molecular formula is C19H20F3N3O3. The second-order valence-corrected chi connectivity index (χ2v) is 7.61. The molecule has 0 amide bonds. The Kier molecular flexibility index (Phi) is 4.37. The minimum absolute atomic E-state index is 0.108. The minimum Gasteiger partial charge on any atom is -0.477 e. The van der Waals surface area contributed by atoms with Crippen molar-refractivity contribution in [3.8, 4) is 0 Å². The Bertz CT molecular complexity index is 1040. The van der Waals surface area contributed by atoms with Gasteiger partial charge >= 0.3 is 5.97 Å². The third-order valence-corrected chi connectivity index (χ3v) is 5.75. The lowest BCUT2D eigenvalue weighted by atomic mass is 10.0. The molecule has 4 rings (SSSR count). The summed E-state index contributed by atoms with van der Waals surface area (Å²) < 4.78 is 43.3. The monoisotopic (exact) mass is 395 g/mol. The van der Waals surface area contributed by atoms with Crippen LogP contribution < -0.4 is 16.1 Å². The smallest absolute Gasteiger partial charge is 0.341 e. The Morgan fingerprint density at radius 2 is 2.07 bits per heavy atom. The van der Waals surface area contributed by atoms with Crippen molar-refractivity contribution in [2.75, 3.05) is 24.7 Å². The molecule has 150 valence electrons. The molecule has 0 bridgehead atoms. The van der Waals surface area contributed by atoms with E-state index in [1.54, 1.807) is 11.8 Å². The molecule has 0 radical (unpaired) electrons. The van der Waals surface area contributed by atoms with Gasteiger partial charge in [0.2, 0.25) is 5.43 Å². The topological polar surface area (TPSA) is 88.6 Å². The van der Waals surface area contributed by atoms with Crippen LogP contribution in [0.1, 0.15) is 28.4 Å². The van der Waals surface area contributed by atoms with E-state index in [2.05, 4.69) is 0 Å². The third kappa shape index (κ3) is 2.76. The number of aryl methyl sites for hydroxylation is 1. The Morgan fingerprint density at radius 1 is 1.39 bits per heavy atom. The number of nitrogens with two attached hydrogens (primary N) is 1. The summed E-state index contributed by atoms with van der Waals surface area (Å²) in [7, 11) is 0. The number of aromatic nitrogens is 1. The third-order valence-electron chi connectivity index (χ3n) is 5.75. The zero-order chi connectivity index (χ0) is 20.3. The van der Waals surface area contributed by atoms with Crippen LogP contribution in [0.4, 0.5) is 18.9 Å². The van der Waals surface area contributed by atoms with E-state index in [4.69, 9.17) is 5.73 Å².